The first-order valence-corrected chi connectivity index (χ1v) is 7.82. The van der Waals surface area contributed by atoms with Gasteiger partial charge in [-0.05, 0) is 51.8 Å². The second kappa shape index (κ2) is 7.06. The molecule has 2 rings (SSSR count). The highest BCUT2D eigenvalue weighted by molar-refractivity contribution is 9.11. The Balaban J connectivity index is 1.99. The Morgan fingerprint density at radius 1 is 1.19 bits per heavy atom. The molecule has 0 saturated heterocycles. The van der Waals surface area contributed by atoms with Gasteiger partial charge in [-0.1, -0.05) is 28.1 Å². The van der Waals surface area contributed by atoms with Gasteiger partial charge < -0.3 is 16.2 Å². The van der Waals surface area contributed by atoms with E-state index in [0.29, 0.717) is 21.3 Å². The van der Waals surface area contributed by atoms with Gasteiger partial charge in [0, 0.05) is 21.2 Å². The number of rotatable bonds is 4. The van der Waals surface area contributed by atoms with Crippen molar-refractivity contribution < 1.29 is 9.90 Å². The molecule has 4 N–H and O–H groups in total. The predicted molar refractivity (Wildman–Crippen MR) is 90.0 cm³/mol. The lowest BCUT2D eigenvalue weighted by Crippen LogP contribution is -2.28. The van der Waals surface area contributed by atoms with E-state index in [0.717, 1.165) is 4.47 Å². The third-order valence-corrected chi connectivity index (χ3v) is 4.10. The normalized spacial score (nSPS) is 12.0. The number of halogens is 2. The van der Waals surface area contributed by atoms with Crippen molar-refractivity contribution in [3.8, 4) is 0 Å². The average Bonchev–Trinajstić information content (AvgIpc) is 2.45. The molecule has 0 aliphatic heterocycles. The van der Waals surface area contributed by atoms with E-state index in [1.165, 1.54) is 0 Å². The highest BCUT2D eigenvalue weighted by Crippen LogP contribution is 2.22. The zero-order valence-corrected chi connectivity index (χ0v) is 14.2. The smallest absolute Gasteiger partial charge is 0.252 e. The summed E-state index contributed by atoms with van der Waals surface area (Å²) < 4.78 is 1.57. The molecular formula is C15H14Br2N2O2. The zero-order chi connectivity index (χ0) is 15.4. The van der Waals surface area contributed by atoms with Crippen molar-refractivity contribution in [3.63, 3.8) is 0 Å². The summed E-state index contributed by atoms with van der Waals surface area (Å²) >= 11 is 6.67. The number of nitrogens with two attached hydrogens (primary N) is 1. The summed E-state index contributed by atoms with van der Waals surface area (Å²) in [6, 6.07) is 12.2. The van der Waals surface area contributed by atoms with Crippen LogP contribution in [0.2, 0.25) is 0 Å². The molecule has 0 aliphatic carbocycles. The van der Waals surface area contributed by atoms with Crippen LogP contribution in [0.4, 0.5) is 5.69 Å². The van der Waals surface area contributed by atoms with Crippen molar-refractivity contribution in [2.45, 2.75) is 6.10 Å². The van der Waals surface area contributed by atoms with Gasteiger partial charge in [-0.2, -0.15) is 0 Å². The quantitative estimate of drug-likeness (QED) is 0.673. The number of carbonyl (C=O) groups is 1. The molecule has 0 fully saturated rings. The van der Waals surface area contributed by atoms with Gasteiger partial charge in [-0.15, -0.1) is 0 Å². The van der Waals surface area contributed by atoms with Crippen LogP contribution in [-0.2, 0) is 0 Å². The first-order valence-electron chi connectivity index (χ1n) is 6.24. The van der Waals surface area contributed by atoms with Gasteiger partial charge in [0.25, 0.3) is 5.91 Å². The number of nitrogens with one attached hydrogen (secondary N) is 1. The maximum Gasteiger partial charge on any atom is 0.252 e. The number of hydrogen-bond acceptors (Lipinski definition) is 3. The van der Waals surface area contributed by atoms with Crippen LogP contribution in [0.3, 0.4) is 0 Å². The van der Waals surface area contributed by atoms with Crippen LogP contribution in [0, 0.1) is 0 Å². The topological polar surface area (TPSA) is 75.3 Å². The van der Waals surface area contributed by atoms with Crippen LogP contribution in [0.15, 0.2) is 51.4 Å². The van der Waals surface area contributed by atoms with E-state index in [1.807, 2.05) is 0 Å². The molecule has 1 atom stereocenters. The Hall–Kier alpha value is -1.37. The Morgan fingerprint density at radius 3 is 2.48 bits per heavy atom. The monoisotopic (exact) mass is 412 g/mol. The summed E-state index contributed by atoms with van der Waals surface area (Å²) in [6.45, 7) is 0.130. The summed E-state index contributed by atoms with van der Waals surface area (Å²) in [5.41, 5.74) is 7.45. The first kappa shape index (κ1) is 16.0. The Labute approximate surface area is 139 Å². The Bertz CT molecular complexity index is 645. The fourth-order valence-electron chi connectivity index (χ4n) is 1.79. The van der Waals surface area contributed by atoms with Crippen LogP contribution >= 0.6 is 31.9 Å². The fourth-order valence-corrected chi connectivity index (χ4v) is 3.02. The van der Waals surface area contributed by atoms with Gasteiger partial charge in [-0.25, -0.2) is 0 Å². The molecule has 21 heavy (non-hydrogen) atoms. The number of aliphatic hydroxyl groups is 1. The van der Waals surface area contributed by atoms with Gasteiger partial charge >= 0.3 is 0 Å². The SMILES string of the molecule is Nc1ccc(C(O)CNC(=O)c2ccc(Br)cc2Br)cc1. The molecule has 0 radical (unpaired) electrons. The lowest BCUT2D eigenvalue weighted by Gasteiger charge is -2.13. The number of nitrogen functional groups attached to an aromatic ring is 1. The largest absolute Gasteiger partial charge is 0.399 e. The maximum atomic E-state index is 12.1. The number of amides is 1. The molecule has 0 bridgehead atoms. The summed E-state index contributed by atoms with van der Waals surface area (Å²) in [6.07, 6.45) is -0.774. The van der Waals surface area contributed by atoms with Gasteiger partial charge in [-0.3, -0.25) is 4.79 Å². The minimum Gasteiger partial charge on any atom is -0.399 e. The van der Waals surface area contributed by atoms with Crippen LogP contribution < -0.4 is 11.1 Å². The van der Waals surface area contributed by atoms with Crippen molar-refractivity contribution >= 4 is 43.5 Å². The number of anilines is 1. The first-order chi connectivity index (χ1) is 9.97. The second-order valence-corrected chi connectivity index (χ2v) is 6.29. The molecule has 6 heteroatoms. The van der Waals surface area contributed by atoms with Crippen LogP contribution in [0.5, 0.6) is 0 Å². The summed E-state index contributed by atoms with van der Waals surface area (Å²) in [5.74, 6) is -0.246. The van der Waals surface area contributed by atoms with E-state index in [9.17, 15) is 9.90 Å². The highest BCUT2D eigenvalue weighted by Gasteiger charge is 2.13. The van der Waals surface area contributed by atoms with E-state index in [4.69, 9.17) is 5.73 Å². The molecule has 2 aromatic carbocycles. The van der Waals surface area contributed by atoms with Crippen molar-refractivity contribution in [2.24, 2.45) is 0 Å². The lowest BCUT2D eigenvalue weighted by atomic mass is 10.1. The average molecular weight is 414 g/mol. The molecule has 2 aromatic rings. The van der Waals surface area contributed by atoms with E-state index in [1.54, 1.807) is 42.5 Å². The summed E-state index contributed by atoms with van der Waals surface area (Å²) in [5, 5.41) is 12.8. The molecule has 0 spiro atoms. The number of hydrogen-bond donors (Lipinski definition) is 3. The molecule has 0 aliphatic rings. The lowest BCUT2D eigenvalue weighted by molar-refractivity contribution is 0.0915. The van der Waals surface area contributed by atoms with Gasteiger partial charge in [0.15, 0.2) is 0 Å². The van der Waals surface area contributed by atoms with E-state index in [2.05, 4.69) is 37.2 Å². The number of benzene rings is 2. The van der Waals surface area contributed by atoms with Gasteiger partial charge in [0.2, 0.25) is 0 Å². The minimum absolute atomic E-state index is 0.130. The van der Waals surface area contributed by atoms with Crippen LogP contribution in [0.25, 0.3) is 0 Å². The van der Waals surface area contributed by atoms with E-state index in [-0.39, 0.29) is 12.5 Å². The van der Waals surface area contributed by atoms with E-state index >= 15 is 0 Å². The van der Waals surface area contributed by atoms with Crippen LogP contribution in [0.1, 0.15) is 22.0 Å². The van der Waals surface area contributed by atoms with Gasteiger partial charge in [0.1, 0.15) is 0 Å². The van der Waals surface area contributed by atoms with Crippen molar-refractivity contribution in [3.05, 3.63) is 62.5 Å². The molecular weight excluding hydrogens is 400 g/mol. The standard InChI is InChI=1S/C15H14Br2N2O2/c16-10-3-6-12(13(17)7-10)15(21)19-8-14(20)9-1-4-11(18)5-2-9/h1-7,14,20H,8,18H2,(H,19,21). The molecule has 0 aromatic heterocycles. The molecule has 110 valence electrons. The molecule has 4 nitrogen and oxygen atoms in total. The number of carbonyl (C=O) groups excluding carboxylic acids is 1. The molecule has 0 heterocycles. The van der Waals surface area contributed by atoms with Gasteiger partial charge in [0.05, 0.1) is 11.7 Å². The third-order valence-electron chi connectivity index (χ3n) is 2.95. The number of aliphatic hydroxyl groups excluding tert-OH is 1. The Kier molecular flexibility index (Phi) is 5.39. The van der Waals surface area contributed by atoms with Crippen molar-refractivity contribution in [2.75, 3.05) is 12.3 Å². The minimum atomic E-state index is -0.774. The summed E-state index contributed by atoms with van der Waals surface area (Å²) in [7, 11) is 0. The zero-order valence-electron chi connectivity index (χ0n) is 11.0. The molecule has 0 saturated carbocycles. The maximum absolute atomic E-state index is 12.1. The fraction of sp³-hybridized carbons (Fsp3) is 0.133. The molecule has 1 unspecified atom stereocenters. The van der Waals surface area contributed by atoms with Crippen molar-refractivity contribution in [1.82, 2.24) is 5.32 Å². The van der Waals surface area contributed by atoms with Crippen molar-refractivity contribution in [1.29, 1.82) is 0 Å². The predicted octanol–water partition coefficient (Wildman–Crippen LogP) is 3.26. The van der Waals surface area contributed by atoms with E-state index < -0.39 is 6.10 Å². The highest BCUT2D eigenvalue weighted by atomic mass is 79.9. The second-order valence-electron chi connectivity index (χ2n) is 4.52. The summed E-state index contributed by atoms with van der Waals surface area (Å²) in [4.78, 5) is 12.1. The van der Waals surface area contributed by atoms with Crippen LogP contribution in [-0.4, -0.2) is 17.6 Å². The Morgan fingerprint density at radius 2 is 1.86 bits per heavy atom. The molecule has 1 amide bonds. The third kappa shape index (κ3) is 4.30.